The van der Waals surface area contributed by atoms with Gasteiger partial charge in [-0.3, -0.25) is 4.79 Å². The van der Waals surface area contributed by atoms with Gasteiger partial charge in [-0.05, 0) is 44.4 Å². The van der Waals surface area contributed by atoms with Crippen LogP contribution in [0.15, 0.2) is 18.2 Å². The summed E-state index contributed by atoms with van der Waals surface area (Å²) in [5, 5.41) is 11.8. The summed E-state index contributed by atoms with van der Waals surface area (Å²) in [5.74, 6) is 0.825. The highest BCUT2D eigenvalue weighted by atomic mass is 32.1. The van der Waals surface area contributed by atoms with Crippen molar-refractivity contribution in [1.82, 2.24) is 10.2 Å². The third-order valence-electron chi connectivity index (χ3n) is 3.13. The second kappa shape index (κ2) is 7.17. The van der Waals surface area contributed by atoms with Gasteiger partial charge in [0.05, 0.1) is 6.61 Å². The SMILES string of the molecule is Cc1nnc(NC(=O)CCCOc2cccc(C)c2C)s1. The van der Waals surface area contributed by atoms with Crippen LogP contribution in [0.3, 0.4) is 0 Å². The summed E-state index contributed by atoms with van der Waals surface area (Å²) in [4.78, 5) is 11.7. The molecule has 0 saturated carbocycles. The lowest BCUT2D eigenvalue weighted by atomic mass is 10.1. The number of nitrogens with one attached hydrogen (secondary N) is 1. The number of carbonyl (C=O) groups is 1. The minimum atomic E-state index is -0.0595. The van der Waals surface area contributed by atoms with E-state index in [1.165, 1.54) is 16.9 Å². The molecule has 2 rings (SSSR count). The van der Waals surface area contributed by atoms with Crippen LogP contribution in [-0.2, 0) is 4.79 Å². The first-order valence-electron chi connectivity index (χ1n) is 6.85. The number of hydrogen-bond acceptors (Lipinski definition) is 5. The third kappa shape index (κ3) is 4.53. The second-order valence-electron chi connectivity index (χ2n) is 4.82. The first kappa shape index (κ1) is 15.4. The Labute approximate surface area is 128 Å². The first-order chi connectivity index (χ1) is 10.1. The van der Waals surface area contributed by atoms with E-state index in [1.807, 2.05) is 26.0 Å². The molecule has 0 aliphatic rings. The summed E-state index contributed by atoms with van der Waals surface area (Å²) in [5.41, 5.74) is 2.35. The van der Waals surface area contributed by atoms with Gasteiger partial charge in [0, 0.05) is 6.42 Å². The Hall–Kier alpha value is -1.95. The van der Waals surface area contributed by atoms with Crippen LogP contribution in [0.4, 0.5) is 5.13 Å². The molecular weight excluding hydrogens is 286 g/mol. The number of rotatable bonds is 6. The highest BCUT2D eigenvalue weighted by Crippen LogP contribution is 2.20. The van der Waals surface area contributed by atoms with Gasteiger partial charge in [-0.25, -0.2) is 0 Å². The Bertz CT molecular complexity index is 625. The van der Waals surface area contributed by atoms with Crippen LogP contribution in [0.5, 0.6) is 5.75 Å². The van der Waals surface area contributed by atoms with Crippen LogP contribution in [-0.4, -0.2) is 22.7 Å². The fraction of sp³-hybridized carbons (Fsp3) is 0.400. The van der Waals surface area contributed by atoms with Gasteiger partial charge in [0.2, 0.25) is 11.0 Å². The van der Waals surface area contributed by atoms with Crippen LogP contribution < -0.4 is 10.1 Å². The molecule has 0 spiro atoms. The van der Waals surface area contributed by atoms with E-state index in [2.05, 4.69) is 28.5 Å². The molecule has 0 radical (unpaired) electrons. The summed E-state index contributed by atoms with van der Waals surface area (Å²) < 4.78 is 5.72. The lowest BCUT2D eigenvalue weighted by Gasteiger charge is -2.10. The zero-order chi connectivity index (χ0) is 15.2. The number of aryl methyl sites for hydroxylation is 2. The first-order valence-corrected chi connectivity index (χ1v) is 7.67. The fourth-order valence-corrected chi connectivity index (χ4v) is 2.43. The predicted octanol–water partition coefficient (Wildman–Crippen LogP) is 3.26. The number of ether oxygens (including phenoxy) is 1. The lowest BCUT2D eigenvalue weighted by molar-refractivity contribution is -0.116. The molecule has 0 atom stereocenters. The average molecular weight is 305 g/mol. The molecule has 2 aromatic rings. The summed E-state index contributed by atoms with van der Waals surface area (Å²) in [7, 11) is 0. The van der Waals surface area contributed by atoms with E-state index in [9.17, 15) is 4.79 Å². The molecule has 1 amide bonds. The van der Waals surface area contributed by atoms with Crippen molar-refractivity contribution in [1.29, 1.82) is 0 Å². The van der Waals surface area contributed by atoms with E-state index < -0.39 is 0 Å². The van der Waals surface area contributed by atoms with Gasteiger partial charge in [-0.1, -0.05) is 23.5 Å². The van der Waals surface area contributed by atoms with Gasteiger partial charge in [0.1, 0.15) is 10.8 Å². The van der Waals surface area contributed by atoms with Gasteiger partial charge in [-0.15, -0.1) is 10.2 Å². The fourth-order valence-electron chi connectivity index (χ4n) is 1.82. The maximum atomic E-state index is 11.7. The van der Waals surface area contributed by atoms with Crippen LogP contribution in [0, 0.1) is 20.8 Å². The molecular formula is C15H19N3O2S. The molecule has 5 nitrogen and oxygen atoms in total. The van der Waals surface area contributed by atoms with E-state index in [0.717, 1.165) is 16.3 Å². The third-order valence-corrected chi connectivity index (χ3v) is 3.89. The van der Waals surface area contributed by atoms with Crippen molar-refractivity contribution in [3.8, 4) is 5.75 Å². The van der Waals surface area contributed by atoms with Crippen LogP contribution >= 0.6 is 11.3 Å². The van der Waals surface area contributed by atoms with E-state index >= 15 is 0 Å². The van der Waals surface area contributed by atoms with Crippen LogP contribution in [0.1, 0.15) is 29.0 Å². The topological polar surface area (TPSA) is 64.1 Å². The standard InChI is InChI=1S/C15H19N3O2S/c1-10-6-4-7-13(11(10)2)20-9-5-8-14(19)16-15-18-17-12(3)21-15/h4,6-7H,5,8-9H2,1-3H3,(H,16,18,19). The summed E-state index contributed by atoms with van der Waals surface area (Å²) in [6, 6.07) is 5.98. The highest BCUT2D eigenvalue weighted by molar-refractivity contribution is 7.15. The Balaban J connectivity index is 1.72. The van der Waals surface area contributed by atoms with Crippen molar-refractivity contribution >= 4 is 22.4 Å². The second-order valence-corrected chi connectivity index (χ2v) is 6.01. The molecule has 0 unspecified atom stereocenters. The number of nitrogens with zero attached hydrogens (tertiary/aromatic N) is 2. The van der Waals surface area contributed by atoms with Crippen molar-refractivity contribution in [3.63, 3.8) is 0 Å². The zero-order valence-corrected chi connectivity index (χ0v) is 13.3. The predicted molar refractivity (Wildman–Crippen MR) is 83.9 cm³/mol. The van der Waals surface area contributed by atoms with E-state index in [1.54, 1.807) is 0 Å². The average Bonchev–Trinajstić information content (AvgIpc) is 2.84. The quantitative estimate of drug-likeness (QED) is 0.832. The molecule has 6 heteroatoms. The normalized spacial score (nSPS) is 10.4. The maximum absolute atomic E-state index is 11.7. The van der Waals surface area contributed by atoms with Crippen molar-refractivity contribution < 1.29 is 9.53 Å². The Morgan fingerprint density at radius 1 is 1.29 bits per heavy atom. The Kier molecular flexibility index (Phi) is 5.27. The molecule has 0 fully saturated rings. The number of anilines is 1. The van der Waals surface area contributed by atoms with Crippen molar-refractivity contribution in [2.45, 2.75) is 33.6 Å². The van der Waals surface area contributed by atoms with Gasteiger partial charge >= 0.3 is 0 Å². The van der Waals surface area contributed by atoms with E-state index in [0.29, 0.717) is 24.6 Å². The van der Waals surface area contributed by atoms with Crippen molar-refractivity contribution in [2.24, 2.45) is 0 Å². The highest BCUT2D eigenvalue weighted by Gasteiger charge is 2.07. The number of carbonyl (C=O) groups excluding carboxylic acids is 1. The number of aromatic nitrogens is 2. The molecule has 0 aliphatic heterocycles. The van der Waals surface area contributed by atoms with Crippen LogP contribution in [0.2, 0.25) is 0 Å². The molecule has 1 N–H and O–H groups in total. The molecule has 0 bridgehead atoms. The van der Waals surface area contributed by atoms with Crippen LogP contribution in [0.25, 0.3) is 0 Å². The summed E-state index contributed by atoms with van der Waals surface area (Å²) in [6.45, 7) is 6.47. The molecule has 0 saturated heterocycles. The van der Waals surface area contributed by atoms with E-state index in [4.69, 9.17) is 4.74 Å². The molecule has 1 aromatic carbocycles. The molecule has 1 aromatic heterocycles. The van der Waals surface area contributed by atoms with Crippen molar-refractivity contribution in [3.05, 3.63) is 34.3 Å². The maximum Gasteiger partial charge on any atom is 0.226 e. The summed E-state index contributed by atoms with van der Waals surface area (Å²) in [6.07, 6.45) is 1.07. The Morgan fingerprint density at radius 3 is 2.81 bits per heavy atom. The van der Waals surface area contributed by atoms with Gasteiger partial charge in [0.15, 0.2) is 0 Å². The lowest BCUT2D eigenvalue weighted by Crippen LogP contribution is -2.12. The number of amides is 1. The summed E-state index contributed by atoms with van der Waals surface area (Å²) >= 11 is 1.37. The van der Waals surface area contributed by atoms with Gasteiger partial charge in [-0.2, -0.15) is 0 Å². The number of hydrogen-bond donors (Lipinski definition) is 1. The Morgan fingerprint density at radius 2 is 2.10 bits per heavy atom. The largest absolute Gasteiger partial charge is 0.493 e. The minimum absolute atomic E-state index is 0.0595. The molecule has 1 heterocycles. The zero-order valence-electron chi connectivity index (χ0n) is 12.5. The monoisotopic (exact) mass is 305 g/mol. The molecule has 112 valence electrons. The molecule has 0 aliphatic carbocycles. The van der Waals surface area contributed by atoms with Gasteiger partial charge < -0.3 is 10.1 Å². The smallest absolute Gasteiger partial charge is 0.226 e. The van der Waals surface area contributed by atoms with Gasteiger partial charge in [0.25, 0.3) is 0 Å². The molecule has 21 heavy (non-hydrogen) atoms. The van der Waals surface area contributed by atoms with E-state index in [-0.39, 0.29) is 5.91 Å². The minimum Gasteiger partial charge on any atom is -0.493 e. The van der Waals surface area contributed by atoms with Crippen molar-refractivity contribution in [2.75, 3.05) is 11.9 Å². The number of benzene rings is 1.